The van der Waals surface area contributed by atoms with Crippen molar-refractivity contribution in [3.63, 3.8) is 0 Å². The lowest BCUT2D eigenvalue weighted by Crippen LogP contribution is -2.19. The number of hydrogen-bond acceptors (Lipinski definition) is 0. The van der Waals surface area contributed by atoms with E-state index in [1.807, 2.05) is 6.07 Å². The van der Waals surface area contributed by atoms with Gasteiger partial charge in [0, 0.05) is 0 Å². The van der Waals surface area contributed by atoms with Gasteiger partial charge in [0.05, 0.1) is 5.56 Å². The molecule has 1 aromatic rings. The normalized spacial score (nSPS) is 15.0. The van der Waals surface area contributed by atoms with E-state index in [-0.39, 0.29) is 5.41 Å². The summed E-state index contributed by atoms with van der Waals surface area (Å²) in [6, 6.07) is 5.79. The number of rotatable bonds is 8. The fourth-order valence-electron chi connectivity index (χ4n) is 2.72. The number of hydrogen-bond donors (Lipinski definition) is 0. The molecule has 0 aliphatic heterocycles. The quantitative estimate of drug-likeness (QED) is 0.472. The Kier molecular flexibility index (Phi) is 6.76. The molecule has 1 aromatic carbocycles. The molecule has 0 N–H and O–H groups in total. The van der Waals surface area contributed by atoms with Crippen molar-refractivity contribution in [3.8, 4) is 0 Å². The molecule has 0 saturated carbocycles. The summed E-state index contributed by atoms with van der Waals surface area (Å²) in [5.74, 6) is 0. The number of unbranched alkanes of at least 4 members (excludes halogenated alkanes) is 3. The minimum atomic E-state index is -4.25. The summed E-state index contributed by atoms with van der Waals surface area (Å²) in [5.41, 5.74) is 0.354. The number of alkyl halides is 3. The summed E-state index contributed by atoms with van der Waals surface area (Å²) in [6.45, 7) is 6.51. The minimum absolute atomic E-state index is 0.0952. The molecule has 0 nitrogen and oxygen atoms in total. The average Bonchev–Trinajstić information content (AvgIpc) is 2.43. The maximum atomic E-state index is 12.8. The van der Waals surface area contributed by atoms with Crippen molar-refractivity contribution >= 4 is 0 Å². The van der Waals surface area contributed by atoms with E-state index in [1.165, 1.54) is 31.4 Å². The predicted octanol–water partition coefficient (Wildman–Crippen LogP) is 6.63. The second-order valence-corrected chi connectivity index (χ2v) is 6.35. The van der Waals surface area contributed by atoms with Crippen molar-refractivity contribution in [1.29, 1.82) is 0 Å². The van der Waals surface area contributed by atoms with Crippen LogP contribution in [0.4, 0.5) is 13.2 Å². The second-order valence-electron chi connectivity index (χ2n) is 6.35. The molecule has 120 valence electrons. The molecule has 0 bridgehead atoms. The third-order valence-electron chi connectivity index (χ3n) is 4.37. The van der Waals surface area contributed by atoms with Crippen LogP contribution in [0.15, 0.2) is 24.3 Å². The first-order valence-corrected chi connectivity index (χ1v) is 7.97. The van der Waals surface area contributed by atoms with Crippen molar-refractivity contribution in [3.05, 3.63) is 35.4 Å². The molecule has 1 unspecified atom stereocenters. The van der Waals surface area contributed by atoms with Gasteiger partial charge in [0.15, 0.2) is 0 Å². The van der Waals surface area contributed by atoms with E-state index in [0.717, 1.165) is 37.3 Å². The maximum absolute atomic E-state index is 12.8. The SMILES string of the molecule is CCCCCCC(C)(CC)Cc1cccc(C(F)(F)F)c1. The molecule has 3 heteroatoms. The highest BCUT2D eigenvalue weighted by atomic mass is 19.4. The van der Waals surface area contributed by atoms with Crippen LogP contribution in [-0.4, -0.2) is 0 Å². The summed E-state index contributed by atoms with van der Waals surface area (Å²) >= 11 is 0. The molecular formula is C18H27F3. The van der Waals surface area contributed by atoms with Gasteiger partial charge in [-0.05, 0) is 29.9 Å². The van der Waals surface area contributed by atoms with Gasteiger partial charge in [-0.2, -0.15) is 13.2 Å². The topological polar surface area (TPSA) is 0 Å². The van der Waals surface area contributed by atoms with Crippen LogP contribution in [0.2, 0.25) is 0 Å². The third-order valence-corrected chi connectivity index (χ3v) is 4.37. The van der Waals surface area contributed by atoms with Crippen molar-refractivity contribution in [2.24, 2.45) is 5.41 Å². The first kappa shape index (κ1) is 18.1. The molecule has 0 aliphatic carbocycles. The van der Waals surface area contributed by atoms with Crippen molar-refractivity contribution < 1.29 is 13.2 Å². The molecule has 0 heterocycles. The molecule has 1 atom stereocenters. The molecular weight excluding hydrogens is 273 g/mol. The van der Waals surface area contributed by atoms with Crippen LogP contribution in [0.25, 0.3) is 0 Å². The Bertz CT molecular complexity index is 423. The first-order chi connectivity index (χ1) is 9.80. The van der Waals surface area contributed by atoms with Gasteiger partial charge in [0.25, 0.3) is 0 Å². The van der Waals surface area contributed by atoms with Crippen LogP contribution in [-0.2, 0) is 12.6 Å². The Balaban J connectivity index is 2.72. The zero-order chi connectivity index (χ0) is 15.9. The number of benzene rings is 1. The van der Waals surface area contributed by atoms with E-state index in [2.05, 4.69) is 20.8 Å². The Hall–Kier alpha value is -0.990. The summed E-state index contributed by atoms with van der Waals surface area (Å²) in [6.07, 6.45) is 3.38. The number of halogens is 3. The van der Waals surface area contributed by atoms with Crippen molar-refractivity contribution in [1.82, 2.24) is 0 Å². The summed E-state index contributed by atoms with van der Waals surface area (Å²) in [7, 11) is 0. The van der Waals surface area contributed by atoms with Gasteiger partial charge in [-0.25, -0.2) is 0 Å². The van der Waals surface area contributed by atoms with Gasteiger partial charge in [-0.15, -0.1) is 0 Å². The highest BCUT2D eigenvalue weighted by Gasteiger charge is 2.31. The molecule has 0 radical (unpaired) electrons. The van der Waals surface area contributed by atoms with Crippen molar-refractivity contribution in [2.45, 2.75) is 71.9 Å². The largest absolute Gasteiger partial charge is 0.416 e. The van der Waals surface area contributed by atoms with Crippen LogP contribution in [0.3, 0.4) is 0 Å². The molecule has 0 spiro atoms. The molecule has 0 saturated heterocycles. The standard InChI is InChI=1S/C18H27F3/c1-4-6-7-8-12-17(3,5-2)14-15-10-9-11-16(13-15)18(19,20)21/h9-11,13H,4-8,12,14H2,1-3H3. The lowest BCUT2D eigenvalue weighted by Gasteiger charge is -2.29. The first-order valence-electron chi connectivity index (χ1n) is 7.97. The van der Waals surface area contributed by atoms with Crippen LogP contribution in [0, 0.1) is 5.41 Å². The van der Waals surface area contributed by atoms with E-state index >= 15 is 0 Å². The van der Waals surface area contributed by atoms with E-state index in [4.69, 9.17) is 0 Å². The van der Waals surface area contributed by atoms with Crippen LogP contribution in [0.5, 0.6) is 0 Å². The van der Waals surface area contributed by atoms with Gasteiger partial charge in [-0.1, -0.05) is 71.1 Å². The summed E-state index contributed by atoms with van der Waals surface area (Å²) in [5, 5.41) is 0. The van der Waals surface area contributed by atoms with Gasteiger partial charge in [0.1, 0.15) is 0 Å². The van der Waals surface area contributed by atoms with Gasteiger partial charge < -0.3 is 0 Å². The van der Waals surface area contributed by atoms with E-state index < -0.39 is 11.7 Å². The lowest BCUT2D eigenvalue weighted by molar-refractivity contribution is -0.137. The van der Waals surface area contributed by atoms with Crippen molar-refractivity contribution in [2.75, 3.05) is 0 Å². The van der Waals surface area contributed by atoms with E-state index in [1.54, 1.807) is 0 Å². The van der Waals surface area contributed by atoms with Crippen LogP contribution >= 0.6 is 0 Å². The molecule has 21 heavy (non-hydrogen) atoms. The highest BCUT2D eigenvalue weighted by Crippen LogP contribution is 2.35. The summed E-state index contributed by atoms with van der Waals surface area (Å²) < 4.78 is 38.3. The Labute approximate surface area is 126 Å². The molecule has 1 rings (SSSR count). The molecule has 0 fully saturated rings. The third kappa shape index (κ3) is 6.11. The van der Waals surface area contributed by atoms with Crippen LogP contribution < -0.4 is 0 Å². The van der Waals surface area contributed by atoms with Gasteiger partial charge in [-0.3, -0.25) is 0 Å². The Morgan fingerprint density at radius 1 is 1.00 bits per heavy atom. The minimum Gasteiger partial charge on any atom is -0.166 e. The second kappa shape index (κ2) is 7.86. The molecule has 0 amide bonds. The fourth-order valence-corrected chi connectivity index (χ4v) is 2.72. The van der Waals surface area contributed by atoms with Crippen LogP contribution in [0.1, 0.15) is 70.4 Å². The van der Waals surface area contributed by atoms with Gasteiger partial charge >= 0.3 is 6.18 Å². The Morgan fingerprint density at radius 2 is 1.71 bits per heavy atom. The lowest BCUT2D eigenvalue weighted by atomic mass is 9.77. The highest BCUT2D eigenvalue weighted by molar-refractivity contribution is 5.26. The molecule has 0 aliphatic rings. The zero-order valence-corrected chi connectivity index (χ0v) is 13.4. The smallest absolute Gasteiger partial charge is 0.166 e. The average molecular weight is 300 g/mol. The molecule has 0 aromatic heterocycles. The Morgan fingerprint density at radius 3 is 2.29 bits per heavy atom. The van der Waals surface area contributed by atoms with Gasteiger partial charge in [0.2, 0.25) is 0 Å². The zero-order valence-electron chi connectivity index (χ0n) is 13.4. The summed E-state index contributed by atoms with van der Waals surface area (Å²) in [4.78, 5) is 0. The fraction of sp³-hybridized carbons (Fsp3) is 0.667. The van der Waals surface area contributed by atoms with E-state index in [0.29, 0.717) is 0 Å². The predicted molar refractivity (Wildman–Crippen MR) is 82.3 cm³/mol. The maximum Gasteiger partial charge on any atom is 0.416 e. The van der Waals surface area contributed by atoms with E-state index in [9.17, 15) is 13.2 Å². The monoisotopic (exact) mass is 300 g/mol.